The van der Waals surface area contributed by atoms with Crippen LogP contribution in [-0.2, 0) is 4.79 Å². The van der Waals surface area contributed by atoms with E-state index in [4.69, 9.17) is 4.74 Å². The third-order valence-corrected chi connectivity index (χ3v) is 3.20. The minimum absolute atomic E-state index is 0.144. The zero-order chi connectivity index (χ0) is 16.3. The fourth-order valence-corrected chi connectivity index (χ4v) is 1.88. The summed E-state index contributed by atoms with van der Waals surface area (Å²) >= 11 is 0. The van der Waals surface area contributed by atoms with Crippen molar-refractivity contribution in [2.45, 2.75) is 27.7 Å². The highest BCUT2D eigenvalue weighted by atomic mass is 16.5. The maximum atomic E-state index is 12.1. The molecule has 0 aliphatic carbocycles. The van der Waals surface area contributed by atoms with Gasteiger partial charge in [-0.05, 0) is 51.5 Å². The molecule has 5 nitrogen and oxygen atoms in total. The van der Waals surface area contributed by atoms with E-state index in [1.165, 1.54) is 0 Å². The van der Waals surface area contributed by atoms with E-state index in [2.05, 4.69) is 9.97 Å². The summed E-state index contributed by atoms with van der Waals surface area (Å²) in [5, 5.41) is 9.43. The number of hydrogen-bond donors (Lipinski definition) is 1. The average molecular weight is 298 g/mol. The number of hydrogen-bond acceptors (Lipinski definition) is 5. The number of esters is 1. The van der Waals surface area contributed by atoms with Crippen molar-refractivity contribution in [1.82, 2.24) is 9.97 Å². The molecule has 1 aromatic carbocycles. The fourth-order valence-electron chi connectivity index (χ4n) is 1.88. The summed E-state index contributed by atoms with van der Waals surface area (Å²) in [6.45, 7) is 7.06. The summed E-state index contributed by atoms with van der Waals surface area (Å²) in [4.78, 5) is 20.7. The highest BCUT2D eigenvalue weighted by Crippen LogP contribution is 2.18. The van der Waals surface area contributed by atoms with E-state index in [-0.39, 0.29) is 11.6 Å². The number of phenolic OH excluding ortho intramolecular Hbond substituents is 1. The molecule has 0 radical (unpaired) electrons. The first-order valence-electron chi connectivity index (χ1n) is 6.88. The number of nitrogens with zero attached hydrogens (tertiary/aromatic N) is 2. The van der Waals surface area contributed by atoms with Gasteiger partial charge in [-0.1, -0.05) is 12.1 Å². The molecule has 0 aliphatic heterocycles. The third-order valence-electron chi connectivity index (χ3n) is 3.20. The second-order valence-corrected chi connectivity index (χ2v) is 5.10. The van der Waals surface area contributed by atoms with Gasteiger partial charge in [-0.3, -0.25) is 4.98 Å². The lowest BCUT2D eigenvalue weighted by Crippen LogP contribution is -2.12. The lowest BCUT2D eigenvalue weighted by molar-refractivity contribution is -0.130. The number of aromatic nitrogens is 2. The molecule has 1 N–H and O–H groups in total. The number of aryl methyl sites for hydroxylation is 3. The average Bonchev–Trinajstić information content (AvgIpc) is 2.44. The van der Waals surface area contributed by atoms with Crippen LogP contribution < -0.4 is 4.74 Å². The van der Waals surface area contributed by atoms with Gasteiger partial charge in [-0.2, -0.15) is 0 Å². The van der Waals surface area contributed by atoms with Gasteiger partial charge in [0.2, 0.25) is 5.88 Å². The standard InChI is InChI=1S/C17H18N2O3/c1-10(8-14-6-5-7-15(20)9-14)17(21)22-16-13(4)18-11(2)12(3)19-16/h5-9,20H,1-4H3/b10-8+. The molecule has 22 heavy (non-hydrogen) atoms. The van der Waals surface area contributed by atoms with Crippen LogP contribution in [0.25, 0.3) is 6.08 Å². The monoisotopic (exact) mass is 298 g/mol. The lowest BCUT2D eigenvalue weighted by atomic mass is 10.1. The maximum Gasteiger partial charge on any atom is 0.340 e. The van der Waals surface area contributed by atoms with Gasteiger partial charge in [0.05, 0.1) is 11.4 Å². The number of ether oxygens (including phenoxy) is 1. The molecule has 2 rings (SSSR count). The Kier molecular flexibility index (Phi) is 4.56. The Labute approximate surface area is 129 Å². The summed E-state index contributed by atoms with van der Waals surface area (Å²) in [7, 11) is 0. The van der Waals surface area contributed by atoms with Crippen LogP contribution in [-0.4, -0.2) is 21.0 Å². The topological polar surface area (TPSA) is 72.3 Å². The Balaban J connectivity index is 2.20. The van der Waals surface area contributed by atoms with Crippen molar-refractivity contribution in [1.29, 1.82) is 0 Å². The lowest BCUT2D eigenvalue weighted by Gasteiger charge is -2.08. The van der Waals surface area contributed by atoms with E-state index >= 15 is 0 Å². The molecule has 5 heteroatoms. The van der Waals surface area contributed by atoms with Gasteiger partial charge < -0.3 is 9.84 Å². The highest BCUT2D eigenvalue weighted by Gasteiger charge is 2.13. The van der Waals surface area contributed by atoms with Crippen molar-refractivity contribution >= 4 is 12.0 Å². The summed E-state index contributed by atoms with van der Waals surface area (Å²) in [6, 6.07) is 6.63. The first kappa shape index (κ1) is 15.7. The van der Waals surface area contributed by atoms with Gasteiger partial charge >= 0.3 is 5.97 Å². The van der Waals surface area contributed by atoms with E-state index in [9.17, 15) is 9.90 Å². The molecule has 1 heterocycles. The van der Waals surface area contributed by atoms with Crippen LogP contribution in [0.4, 0.5) is 0 Å². The van der Waals surface area contributed by atoms with Gasteiger partial charge in [0, 0.05) is 5.57 Å². The molecule has 2 aromatic rings. The van der Waals surface area contributed by atoms with Crippen LogP contribution in [0.2, 0.25) is 0 Å². The van der Waals surface area contributed by atoms with E-state index < -0.39 is 5.97 Å². The van der Waals surface area contributed by atoms with Crippen molar-refractivity contribution in [3.05, 3.63) is 52.5 Å². The predicted octanol–water partition coefficient (Wildman–Crippen LogP) is 3.12. The molecule has 0 fully saturated rings. The zero-order valence-electron chi connectivity index (χ0n) is 13.0. The van der Waals surface area contributed by atoms with Crippen molar-refractivity contribution < 1.29 is 14.6 Å². The Morgan fingerprint density at radius 2 is 1.82 bits per heavy atom. The first-order valence-corrected chi connectivity index (χ1v) is 6.88. The molecule has 114 valence electrons. The Hall–Kier alpha value is -2.69. The van der Waals surface area contributed by atoms with Crippen LogP contribution in [0.1, 0.15) is 29.6 Å². The largest absolute Gasteiger partial charge is 0.508 e. The van der Waals surface area contributed by atoms with Gasteiger partial charge in [0.15, 0.2) is 0 Å². The first-order chi connectivity index (χ1) is 10.4. The number of carbonyl (C=O) groups excluding carboxylic acids is 1. The van der Waals surface area contributed by atoms with Crippen molar-refractivity contribution in [3.63, 3.8) is 0 Å². The van der Waals surface area contributed by atoms with Crippen LogP contribution in [0.15, 0.2) is 29.8 Å². The second-order valence-electron chi connectivity index (χ2n) is 5.10. The minimum Gasteiger partial charge on any atom is -0.508 e. The van der Waals surface area contributed by atoms with Crippen molar-refractivity contribution in [2.24, 2.45) is 0 Å². The van der Waals surface area contributed by atoms with Crippen LogP contribution in [0.5, 0.6) is 11.6 Å². The molecule has 0 aliphatic rings. The molecule has 0 amide bonds. The summed E-state index contributed by atoms with van der Waals surface area (Å²) < 4.78 is 5.30. The predicted molar refractivity (Wildman–Crippen MR) is 83.6 cm³/mol. The van der Waals surface area contributed by atoms with Gasteiger partial charge in [-0.15, -0.1) is 0 Å². The molecule has 0 atom stereocenters. The zero-order valence-corrected chi connectivity index (χ0v) is 13.0. The van der Waals surface area contributed by atoms with Gasteiger partial charge in [0.25, 0.3) is 0 Å². The summed E-state index contributed by atoms with van der Waals surface area (Å²) in [6.07, 6.45) is 1.64. The fraction of sp³-hybridized carbons (Fsp3) is 0.235. The van der Waals surface area contributed by atoms with Crippen LogP contribution in [0.3, 0.4) is 0 Å². The van der Waals surface area contributed by atoms with Crippen molar-refractivity contribution in [2.75, 3.05) is 0 Å². The molecule has 0 saturated heterocycles. The van der Waals surface area contributed by atoms with E-state index in [0.717, 1.165) is 17.0 Å². The second kappa shape index (κ2) is 6.39. The number of benzene rings is 1. The Bertz CT molecular complexity index is 752. The Morgan fingerprint density at radius 1 is 1.14 bits per heavy atom. The van der Waals surface area contributed by atoms with E-state index in [1.807, 2.05) is 13.8 Å². The molecule has 0 unspecified atom stereocenters. The normalized spacial score (nSPS) is 11.4. The molecule has 0 spiro atoms. The molecule has 0 saturated carbocycles. The number of phenols is 1. The summed E-state index contributed by atoms with van der Waals surface area (Å²) in [5.74, 6) is -0.133. The smallest absolute Gasteiger partial charge is 0.340 e. The van der Waals surface area contributed by atoms with E-state index in [0.29, 0.717) is 11.3 Å². The van der Waals surface area contributed by atoms with Gasteiger partial charge in [-0.25, -0.2) is 9.78 Å². The third kappa shape index (κ3) is 3.69. The number of carbonyl (C=O) groups is 1. The Morgan fingerprint density at radius 3 is 2.50 bits per heavy atom. The maximum absolute atomic E-state index is 12.1. The van der Waals surface area contributed by atoms with Crippen molar-refractivity contribution in [3.8, 4) is 11.6 Å². The van der Waals surface area contributed by atoms with Gasteiger partial charge in [0.1, 0.15) is 11.4 Å². The molecular formula is C17H18N2O3. The molecule has 1 aromatic heterocycles. The quantitative estimate of drug-likeness (QED) is 0.696. The van der Waals surface area contributed by atoms with E-state index in [1.54, 1.807) is 44.2 Å². The molecular weight excluding hydrogens is 280 g/mol. The molecule has 0 bridgehead atoms. The minimum atomic E-state index is -0.496. The van der Waals surface area contributed by atoms with Crippen LogP contribution in [0, 0.1) is 20.8 Å². The van der Waals surface area contributed by atoms with Crippen LogP contribution >= 0.6 is 0 Å². The SMILES string of the molecule is C/C(=C\c1cccc(O)c1)C(=O)Oc1nc(C)c(C)nc1C. The highest BCUT2D eigenvalue weighted by molar-refractivity contribution is 5.94. The summed E-state index contributed by atoms with van der Waals surface area (Å²) in [5.41, 5.74) is 3.23. The number of aromatic hydroxyl groups is 1. The number of rotatable bonds is 3.